The van der Waals surface area contributed by atoms with Gasteiger partial charge in [-0.25, -0.2) is 0 Å². The third-order valence-electron chi connectivity index (χ3n) is 1.30. The van der Waals surface area contributed by atoms with Gasteiger partial charge in [-0.1, -0.05) is 0 Å². The summed E-state index contributed by atoms with van der Waals surface area (Å²) in [6.07, 6.45) is 0.355. The molecule has 1 aliphatic rings. The van der Waals surface area contributed by atoms with E-state index in [2.05, 4.69) is 0 Å². The van der Waals surface area contributed by atoms with E-state index in [1.54, 1.807) is 0 Å². The number of rotatable bonds is 2. The lowest BCUT2D eigenvalue weighted by molar-refractivity contribution is 0.0532. The van der Waals surface area contributed by atoms with Gasteiger partial charge in [-0.15, -0.1) is 11.6 Å². The molecule has 0 radical (unpaired) electrons. The van der Waals surface area contributed by atoms with E-state index in [1.807, 2.05) is 0 Å². The lowest BCUT2D eigenvalue weighted by Crippen LogP contribution is -2.24. The van der Waals surface area contributed by atoms with Crippen LogP contribution < -0.4 is 0 Å². The predicted octanol–water partition coefficient (Wildman–Crippen LogP) is 0.771. The topological polar surface area (TPSA) is 35.5 Å². The highest BCUT2D eigenvalue weighted by molar-refractivity contribution is 6.17. The summed E-state index contributed by atoms with van der Waals surface area (Å²) in [6.45, 7) is 1.03. The molecule has 0 amide bonds. The van der Waals surface area contributed by atoms with Crippen molar-refractivity contribution < 1.29 is 4.74 Å². The molecule has 1 aliphatic heterocycles. The van der Waals surface area contributed by atoms with Crippen LogP contribution in [0.3, 0.4) is 0 Å². The summed E-state index contributed by atoms with van der Waals surface area (Å²) in [5, 5.41) is 11.6. The van der Waals surface area contributed by atoms with E-state index in [0.717, 1.165) is 5.06 Å². The molecule has 0 aromatic rings. The van der Waals surface area contributed by atoms with Crippen molar-refractivity contribution in [2.24, 2.45) is 0 Å². The van der Waals surface area contributed by atoms with Crippen LogP contribution in [-0.4, -0.2) is 30.3 Å². The Hall–Kier alpha value is 0.170. The van der Waals surface area contributed by atoms with Crippen molar-refractivity contribution in [3.8, 4) is 0 Å². The molecule has 0 aromatic carbocycles. The van der Waals surface area contributed by atoms with Crippen molar-refractivity contribution in [3.63, 3.8) is 0 Å². The van der Waals surface area contributed by atoms with Crippen molar-refractivity contribution in [1.29, 1.82) is 0 Å². The van der Waals surface area contributed by atoms with E-state index in [0.29, 0.717) is 25.5 Å². The predicted molar refractivity (Wildman–Crippen MR) is 35.1 cm³/mol. The summed E-state index contributed by atoms with van der Waals surface area (Å²) in [6, 6.07) is 0. The third-order valence-corrected chi connectivity index (χ3v) is 1.52. The first-order chi connectivity index (χ1) is 4.34. The molecule has 0 aromatic heterocycles. The summed E-state index contributed by atoms with van der Waals surface area (Å²) in [4.78, 5) is 0. The van der Waals surface area contributed by atoms with Crippen molar-refractivity contribution >= 4 is 11.6 Å². The average Bonchev–Trinajstić information content (AvgIpc) is 2.18. The third kappa shape index (κ3) is 1.79. The van der Waals surface area contributed by atoms with Gasteiger partial charge in [0.2, 0.25) is 0 Å². The number of ether oxygens (including phenoxy) is 1. The van der Waals surface area contributed by atoms with Gasteiger partial charge >= 0.3 is 0 Å². The van der Waals surface area contributed by atoms with Gasteiger partial charge in [-0.05, 0) is 6.42 Å². The Bertz CT molecular complexity index is 91.0. The number of hydrogen-bond acceptors (Lipinski definition) is 3. The molecule has 1 fully saturated rings. The first-order valence-electron chi connectivity index (χ1n) is 2.96. The highest BCUT2D eigenvalue weighted by atomic mass is 35.5. The molecule has 1 rings (SSSR count). The molecule has 0 spiro atoms. The smallest absolute Gasteiger partial charge is 0.100 e. The van der Waals surface area contributed by atoms with E-state index in [9.17, 15) is 5.21 Å². The Labute approximate surface area is 59.1 Å². The highest BCUT2D eigenvalue weighted by Gasteiger charge is 2.15. The zero-order valence-electron chi connectivity index (χ0n) is 5.05. The lowest BCUT2D eigenvalue weighted by Gasteiger charge is -2.27. The minimum atomic E-state index is -0.275. The van der Waals surface area contributed by atoms with E-state index >= 15 is 0 Å². The fourth-order valence-corrected chi connectivity index (χ4v) is 1.01. The largest absolute Gasteiger partial charge is 0.783 e. The van der Waals surface area contributed by atoms with Crippen molar-refractivity contribution in [1.82, 2.24) is 5.06 Å². The van der Waals surface area contributed by atoms with Crippen LogP contribution in [0.25, 0.3) is 0 Å². The Morgan fingerprint density at radius 1 is 1.78 bits per heavy atom. The molecule has 0 N–H and O–H groups in total. The molecular formula is C5H9ClNO2-. The minimum Gasteiger partial charge on any atom is -0.783 e. The molecule has 0 aliphatic carbocycles. The summed E-state index contributed by atoms with van der Waals surface area (Å²) in [7, 11) is 0. The van der Waals surface area contributed by atoms with E-state index in [-0.39, 0.29) is 6.23 Å². The van der Waals surface area contributed by atoms with Gasteiger partial charge in [0.1, 0.15) is 6.23 Å². The molecule has 9 heavy (non-hydrogen) atoms. The van der Waals surface area contributed by atoms with Gasteiger partial charge in [0.15, 0.2) is 0 Å². The molecule has 1 atom stereocenters. The van der Waals surface area contributed by atoms with Gasteiger partial charge in [-0.3, -0.25) is 0 Å². The zero-order chi connectivity index (χ0) is 6.69. The molecule has 1 heterocycles. The van der Waals surface area contributed by atoms with E-state index < -0.39 is 0 Å². The van der Waals surface area contributed by atoms with Gasteiger partial charge in [0.05, 0.1) is 6.61 Å². The normalized spacial score (nSPS) is 29.3. The van der Waals surface area contributed by atoms with Crippen LogP contribution in [0, 0.1) is 5.21 Å². The minimum absolute atomic E-state index is 0.275. The van der Waals surface area contributed by atoms with Gasteiger partial charge in [-0.2, -0.15) is 0 Å². The SMILES string of the molecule is [O-]N1CCOC1CCCl. The number of nitrogens with zero attached hydrogens (tertiary/aromatic N) is 1. The quantitative estimate of drug-likeness (QED) is 0.546. The van der Waals surface area contributed by atoms with Crippen LogP contribution in [0.15, 0.2) is 0 Å². The van der Waals surface area contributed by atoms with Crippen LogP contribution >= 0.6 is 11.6 Å². The fraction of sp³-hybridized carbons (Fsp3) is 1.00. The van der Waals surface area contributed by atoms with E-state index in [1.165, 1.54) is 0 Å². The van der Waals surface area contributed by atoms with Crippen LogP contribution in [0.1, 0.15) is 6.42 Å². The Kier molecular flexibility index (Phi) is 2.72. The number of hydrogen-bond donors (Lipinski definition) is 0. The standard InChI is InChI=1S/C5H9ClNO2/c6-2-1-5-7(8)3-4-9-5/h5H,1-4H2/q-1. The molecule has 3 nitrogen and oxygen atoms in total. The van der Waals surface area contributed by atoms with Gasteiger partial charge in [0, 0.05) is 12.4 Å². The number of halogens is 1. The summed E-state index contributed by atoms with van der Waals surface area (Å²) in [5.74, 6) is 0.489. The van der Waals surface area contributed by atoms with Crippen molar-refractivity contribution in [2.45, 2.75) is 12.6 Å². The monoisotopic (exact) mass is 150 g/mol. The van der Waals surface area contributed by atoms with Crippen LogP contribution in [-0.2, 0) is 4.74 Å². The molecule has 0 bridgehead atoms. The number of alkyl halides is 1. The highest BCUT2D eigenvalue weighted by Crippen LogP contribution is 2.11. The van der Waals surface area contributed by atoms with E-state index in [4.69, 9.17) is 16.3 Å². The molecule has 1 unspecified atom stereocenters. The van der Waals surface area contributed by atoms with Gasteiger partial charge < -0.3 is 15.0 Å². The Morgan fingerprint density at radius 3 is 3.00 bits per heavy atom. The maximum Gasteiger partial charge on any atom is 0.100 e. The van der Waals surface area contributed by atoms with Crippen molar-refractivity contribution in [3.05, 3.63) is 5.21 Å². The molecule has 4 heteroatoms. The summed E-state index contributed by atoms with van der Waals surface area (Å²) in [5.41, 5.74) is 0. The maximum absolute atomic E-state index is 10.7. The Balaban J connectivity index is 2.22. The second-order valence-electron chi connectivity index (χ2n) is 1.94. The second kappa shape index (κ2) is 3.37. The van der Waals surface area contributed by atoms with Gasteiger partial charge in [0.25, 0.3) is 0 Å². The first-order valence-corrected chi connectivity index (χ1v) is 3.49. The Morgan fingerprint density at radius 2 is 2.56 bits per heavy atom. The van der Waals surface area contributed by atoms with Crippen LogP contribution in [0.2, 0.25) is 0 Å². The lowest BCUT2D eigenvalue weighted by atomic mass is 10.4. The first kappa shape index (κ1) is 7.28. The summed E-state index contributed by atoms with van der Waals surface area (Å²) >= 11 is 5.40. The average molecular weight is 151 g/mol. The fourth-order valence-electron chi connectivity index (χ4n) is 0.827. The van der Waals surface area contributed by atoms with Crippen LogP contribution in [0.4, 0.5) is 0 Å². The summed E-state index contributed by atoms with van der Waals surface area (Å²) < 4.78 is 5.03. The zero-order valence-corrected chi connectivity index (χ0v) is 5.80. The molecule has 0 saturated carbocycles. The second-order valence-corrected chi connectivity index (χ2v) is 2.32. The van der Waals surface area contributed by atoms with Crippen LogP contribution in [0.5, 0.6) is 0 Å². The van der Waals surface area contributed by atoms with Crippen molar-refractivity contribution in [2.75, 3.05) is 19.0 Å². The molecule has 1 saturated heterocycles. The molecular weight excluding hydrogens is 142 g/mol. The maximum atomic E-state index is 10.7. The number of hydroxylamine groups is 2. The molecule has 54 valence electrons.